The molecule has 0 atom stereocenters. The molecular weight excluding hydrogens is 471 g/mol. The van der Waals surface area contributed by atoms with Gasteiger partial charge >= 0.3 is 0 Å². The second-order valence-corrected chi connectivity index (χ2v) is 9.66. The lowest BCUT2D eigenvalue weighted by Crippen LogP contribution is -2.06. The van der Waals surface area contributed by atoms with E-state index in [2.05, 4.69) is 0 Å². The van der Waals surface area contributed by atoms with Crippen molar-refractivity contribution in [2.75, 3.05) is 0 Å². The molecule has 0 saturated heterocycles. The molecule has 34 heavy (non-hydrogen) atoms. The number of aromatic nitrogens is 2. The van der Waals surface area contributed by atoms with Gasteiger partial charge in [-0.15, -0.1) is 0 Å². The first-order valence-electron chi connectivity index (χ1n) is 11.4. The van der Waals surface area contributed by atoms with E-state index in [0.717, 1.165) is 24.4 Å². The number of hydrogen-bond acceptors (Lipinski definition) is 4. The first kappa shape index (κ1) is 21.4. The zero-order valence-corrected chi connectivity index (χ0v) is 19.7. The SMILES string of the molecule is O=C1C(=Cc2cc3oc(C4CCCCC4)nc3n2-c2ccccc2)C(=O)c2cc(Cl)c(Cl)cc21. The van der Waals surface area contributed by atoms with Crippen LogP contribution in [-0.2, 0) is 0 Å². The molecule has 1 saturated carbocycles. The van der Waals surface area contributed by atoms with Gasteiger partial charge in [-0.1, -0.05) is 60.7 Å². The van der Waals surface area contributed by atoms with Crippen molar-refractivity contribution >= 4 is 52.1 Å². The zero-order chi connectivity index (χ0) is 23.4. The van der Waals surface area contributed by atoms with Gasteiger partial charge in [-0.2, -0.15) is 4.98 Å². The molecule has 6 rings (SSSR count). The number of hydrogen-bond donors (Lipinski definition) is 0. The van der Waals surface area contributed by atoms with Crippen LogP contribution in [0.15, 0.2) is 58.5 Å². The number of benzene rings is 2. The number of Topliss-reactive ketones (excluding diaryl/α,β-unsaturated/α-hetero) is 2. The lowest BCUT2D eigenvalue weighted by molar-refractivity contribution is 0.0990. The predicted molar refractivity (Wildman–Crippen MR) is 132 cm³/mol. The fraction of sp³-hybridized carbons (Fsp3) is 0.222. The van der Waals surface area contributed by atoms with E-state index >= 15 is 0 Å². The van der Waals surface area contributed by atoms with Gasteiger partial charge in [-0.25, -0.2) is 0 Å². The van der Waals surface area contributed by atoms with E-state index in [0.29, 0.717) is 22.8 Å². The summed E-state index contributed by atoms with van der Waals surface area (Å²) in [4.78, 5) is 31.1. The molecule has 2 aromatic carbocycles. The van der Waals surface area contributed by atoms with E-state index in [9.17, 15) is 9.59 Å². The number of carbonyl (C=O) groups excluding carboxylic acids is 2. The summed E-state index contributed by atoms with van der Waals surface area (Å²) in [5.74, 6) is 0.353. The normalized spacial score (nSPS) is 16.5. The van der Waals surface area contributed by atoms with Crippen LogP contribution >= 0.6 is 23.2 Å². The Labute approximate surface area is 206 Å². The molecule has 0 spiro atoms. The predicted octanol–water partition coefficient (Wildman–Crippen LogP) is 7.44. The van der Waals surface area contributed by atoms with Gasteiger partial charge in [-0.05, 0) is 43.2 Å². The summed E-state index contributed by atoms with van der Waals surface area (Å²) in [6, 6.07) is 14.5. The van der Waals surface area contributed by atoms with Crippen LogP contribution in [-0.4, -0.2) is 21.1 Å². The number of carbonyl (C=O) groups is 2. The Morgan fingerprint density at radius 3 is 2.21 bits per heavy atom. The summed E-state index contributed by atoms with van der Waals surface area (Å²) < 4.78 is 8.13. The molecule has 2 aromatic heterocycles. The first-order chi connectivity index (χ1) is 16.5. The Balaban J connectivity index is 1.49. The molecular formula is C27H20Cl2N2O3. The van der Waals surface area contributed by atoms with Crippen LogP contribution in [0.3, 0.4) is 0 Å². The molecule has 170 valence electrons. The molecule has 0 N–H and O–H groups in total. The Morgan fingerprint density at radius 2 is 1.56 bits per heavy atom. The molecule has 2 aliphatic carbocycles. The average molecular weight is 491 g/mol. The molecule has 0 amide bonds. The highest BCUT2D eigenvalue weighted by Gasteiger charge is 2.34. The third-order valence-corrected chi connectivity index (χ3v) is 7.42. The van der Waals surface area contributed by atoms with Crippen molar-refractivity contribution in [1.82, 2.24) is 9.55 Å². The fourth-order valence-electron chi connectivity index (χ4n) is 4.99. The number of para-hydroxylation sites is 1. The van der Waals surface area contributed by atoms with E-state index in [4.69, 9.17) is 32.6 Å². The van der Waals surface area contributed by atoms with E-state index in [1.54, 1.807) is 6.08 Å². The second kappa shape index (κ2) is 8.26. The maximum absolute atomic E-state index is 13.1. The number of nitrogens with zero attached hydrogens (tertiary/aromatic N) is 2. The van der Waals surface area contributed by atoms with E-state index < -0.39 is 0 Å². The smallest absolute Gasteiger partial charge is 0.200 e. The standard InChI is InChI=1S/C27H20Cl2N2O3/c28-21-13-18-19(14-22(21)29)25(33)20(24(18)32)11-17-12-23-26(31(17)16-9-5-2-6-10-16)30-27(34-23)15-7-3-1-4-8-15/h2,5-6,9-15H,1,3-4,7-8H2. The highest BCUT2D eigenvalue weighted by atomic mass is 35.5. The molecule has 0 bridgehead atoms. The number of rotatable bonds is 3. The van der Waals surface area contributed by atoms with Crippen LogP contribution in [0.4, 0.5) is 0 Å². The molecule has 0 aliphatic heterocycles. The van der Waals surface area contributed by atoms with Crippen LogP contribution in [0.5, 0.6) is 0 Å². The van der Waals surface area contributed by atoms with Gasteiger partial charge in [0.05, 0.1) is 21.3 Å². The largest absolute Gasteiger partial charge is 0.439 e. The van der Waals surface area contributed by atoms with Crippen molar-refractivity contribution in [2.45, 2.75) is 38.0 Å². The van der Waals surface area contributed by atoms with Gasteiger partial charge in [0.2, 0.25) is 0 Å². The monoisotopic (exact) mass is 490 g/mol. The van der Waals surface area contributed by atoms with Crippen LogP contribution in [0, 0.1) is 0 Å². The van der Waals surface area contributed by atoms with Crippen molar-refractivity contribution < 1.29 is 14.0 Å². The fourth-order valence-corrected chi connectivity index (χ4v) is 5.32. The average Bonchev–Trinajstić information content (AvgIpc) is 3.47. The van der Waals surface area contributed by atoms with Crippen molar-refractivity contribution in [3.63, 3.8) is 0 Å². The number of allylic oxidation sites excluding steroid dienone is 1. The first-order valence-corrected chi connectivity index (χ1v) is 12.1. The summed E-state index contributed by atoms with van der Waals surface area (Å²) in [6.07, 6.45) is 7.40. The summed E-state index contributed by atoms with van der Waals surface area (Å²) in [5, 5.41) is 0.486. The third kappa shape index (κ3) is 3.42. The Hall–Kier alpha value is -3.15. The van der Waals surface area contributed by atoms with Crippen LogP contribution in [0.25, 0.3) is 23.0 Å². The highest BCUT2D eigenvalue weighted by Crippen LogP contribution is 2.37. The van der Waals surface area contributed by atoms with Crippen LogP contribution < -0.4 is 0 Å². The molecule has 0 radical (unpaired) electrons. The molecule has 7 heteroatoms. The number of ketones is 2. The maximum atomic E-state index is 13.1. The van der Waals surface area contributed by atoms with Crippen molar-refractivity contribution in [1.29, 1.82) is 0 Å². The minimum Gasteiger partial charge on any atom is -0.439 e. The summed E-state index contributed by atoms with van der Waals surface area (Å²) in [7, 11) is 0. The zero-order valence-electron chi connectivity index (χ0n) is 18.2. The van der Waals surface area contributed by atoms with Crippen LogP contribution in [0.1, 0.15) is 70.3 Å². The van der Waals surface area contributed by atoms with Crippen molar-refractivity contribution in [3.8, 4) is 5.69 Å². The van der Waals surface area contributed by atoms with Gasteiger partial charge in [0.25, 0.3) is 0 Å². The third-order valence-electron chi connectivity index (χ3n) is 6.70. The topological polar surface area (TPSA) is 65.1 Å². The molecule has 2 heterocycles. The maximum Gasteiger partial charge on any atom is 0.200 e. The minimum atomic E-state index is -0.369. The van der Waals surface area contributed by atoms with Crippen molar-refractivity contribution in [3.05, 3.63) is 86.9 Å². The van der Waals surface area contributed by atoms with Gasteiger partial charge in [-0.3, -0.25) is 14.2 Å². The van der Waals surface area contributed by atoms with E-state index in [1.807, 2.05) is 41.0 Å². The van der Waals surface area contributed by atoms with Gasteiger partial charge in [0.1, 0.15) is 0 Å². The lowest BCUT2D eigenvalue weighted by Gasteiger charge is -2.17. The molecule has 2 aliphatic rings. The lowest BCUT2D eigenvalue weighted by atomic mass is 9.89. The van der Waals surface area contributed by atoms with E-state index in [-0.39, 0.29) is 38.3 Å². The van der Waals surface area contributed by atoms with Crippen LogP contribution in [0.2, 0.25) is 10.0 Å². The van der Waals surface area contributed by atoms with E-state index in [1.165, 1.54) is 31.4 Å². The Bertz CT molecular complexity index is 1450. The van der Waals surface area contributed by atoms with Crippen molar-refractivity contribution in [2.24, 2.45) is 0 Å². The van der Waals surface area contributed by atoms with Gasteiger partial charge in [0, 0.05) is 28.8 Å². The molecule has 4 aromatic rings. The highest BCUT2D eigenvalue weighted by molar-refractivity contribution is 6.46. The second-order valence-electron chi connectivity index (χ2n) is 8.84. The number of fused-ring (bicyclic) bond motifs is 2. The van der Waals surface area contributed by atoms with Gasteiger partial charge in [0.15, 0.2) is 28.7 Å². The van der Waals surface area contributed by atoms with Gasteiger partial charge < -0.3 is 4.42 Å². The summed E-state index contributed by atoms with van der Waals surface area (Å²) in [5.41, 5.74) is 3.43. The number of halogens is 2. The molecule has 1 fully saturated rings. The Morgan fingerprint density at radius 1 is 0.912 bits per heavy atom. The summed E-state index contributed by atoms with van der Waals surface area (Å²) in [6.45, 7) is 0. The molecule has 5 nitrogen and oxygen atoms in total. The Kier molecular flexibility index (Phi) is 5.19. The molecule has 0 unspecified atom stereocenters. The minimum absolute atomic E-state index is 0.0678. The summed E-state index contributed by atoms with van der Waals surface area (Å²) >= 11 is 12.2. The quantitative estimate of drug-likeness (QED) is 0.221. The number of oxazole rings is 1.